The van der Waals surface area contributed by atoms with Gasteiger partial charge in [0.1, 0.15) is 0 Å². The Hall–Kier alpha value is -4.00. The summed E-state index contributed by atoms with van der Waals surface area (Å²) in [6, 6.07) is 16.4. The van der Waals surface area contributed by atoms with E-state index in [4.69, 9.17) is 9.47 Å². The fourth-order valence-electron chi connectivity index (χ4n) is 3.20. The summed E-state index contributed by atoms with van der Waals surface area (Å²) in [4.78, 5) is 20.2. The Morgan fingerprint density at radius 1 is 0.931 bits per heavy atom. The summed E-state index contributed by atoms with van der Waals surface area (Å²) in [6.07, 6.45) is 3.43. The van der Waals surface area contributed by atoms with E-state index in [0.717, 1.165) is 22.2 Å². The third-order valence-electron chi connectivity index (χ3n) is 4.56. The predicted molar refractivity (Wildman–Crippen MR) is 114 cm³/mol. The first-order chi connectivity index (χ1) is 14.2. The smallest absolute Gasteiger partial charge is 0.323 e. The summed E-state index contributed by atoms with van der Waals surface area (Å²) in [7, 11) is 3.12. The predicted octanol–water partition coefficient (Wildman–Crippen LogP) is 4.89. The van der Waals surface area contributed by atoms with Crippen molar-refractivity contribution in [2.45, 2.75) is 0 Å². The van der Waals surface area contributed by atoms with Crippen LogP contribution in [-0.2, 0) is 0 Å². The molecule has 0 saturated carbocycles. The Morgan fingerprint density at radius 2 is 1.69 bits per heavy atom. The van der Waals surface area contributed by atoms with E-state index < -0.39 is 0 Å². The van der Waals surface area contributed by atoms with Crippen LogP contribution in [0.15, 0.2) is 67.0 Å². The van der Waals surface area contributed by atoms with Crippen LogP contribution in [0.25, 0.3) is 22.2 Å². The van der Waals surface area contributed by atoms with Crippen LogP contribution in [0.5, 0.6) is 11.5 Å². The molecular formula is C22H20N4O3. The van der Waals surface area contributed by atoms with Gasteiger partial charge in [0.05, 0.1) is 25.6 Å². The van der Waals surface area contributed by atoms with Crippen LogP contribution in [0.2, 0.25) is 0 Å². The number of urea groups is 1. The minimum absolute atomic E-state index is 0.364. The van der Waals surface area contributed by atoms with Crippen molar-refractivity contribution in [3.05, 3.63) is 67.0 Å². The first-order valence-corrected chi connectivity index (χ1v) is 9.00. The topological polar surface area (TPSA) is 88.3 Å². The molecule has 2 aromatic carbocycles. The van der Waals surface area contributed by atoms with Gasteiger partial charge < -0.3 is 25.1 Å². The SMILES string of the molecule is COc1ccc(NC(=O)Nc2c(-c3ccncc3)[nH]c3ccccc23)cc1OC. The van der Waals surface area contributed by atoms with E-state index in [-0.39, 0.29) is 6.03 Å². The first-order valence-electron chi connectivity index (χ1n) is 9.00. The molecule has 0 radical (unpaired) electrons. The third-order valence-corrected chi connectivity index (χ3v) is 4.56. The summed E-state index contributed by atoms with van der Waals surface area (Å²) >= 11 is 0. The number of carbonyl (C=O) groups excluding carboxylic acids is 1. The van der Waals surface area contributed by atoms with Gasteiger partial charge in [0.2, 0.25) is 0 Å². The highest BCUT2D eigenvalue weighted by Gasteiger charge is 2.16. The lowest BCUT2D eigenvalue weighted by Gasteiger charge is -2.12. The number of ether oxygens (including phenoxy) is 2. The van der Waals surface area contributed by atoms with E-state index in [1.807, 2.05) is 36.4 Å². The maximum Gasteiger partial charge on any atom is 0.323 e. The molecule has 4 rings (SSSR count). The van der Waals surface area contributed by atoms with Gasteiger partial charge in [0, 0.05) is 40.6 Å². The van der Waals surface area contributed by atoms with Crippen LogP contribution in [0.1, 0.15) is 0 Å². The number of aromatic nitrogens is 2. The molecule has 7 nitrogen and oxygen atoms in total. The molecule has 0 aliphatic heterocycles. The van der Waals surface area contributed by atoms with E-state index in [2.05, 4.69) is 20.6 Å². The fourth-order valence-corrected chi connectivity index (χ4v) is 3.20. The van der Waals surface area contributed by atoms with Crippen LogP contribution in [0.4, 0.5) is 16.2 Å². The molecule has 4 aromatic rings. The molecule has 146 valence electrons. The number of H-pyrrole nitrogens is 1. The largest absolute Gasteiger partial charge is 0.493 e. The summed E-state index contributed by atoms with van der Waals surface area (Å²) in [5, 5.41) is 6.73. The molecule has 2 heterocycles. The second kappa shape index (κ2) is 7.93. The Labute approximate surface area is 167 Å². The Bertz CT molecular complexity index is 1160. The maximum absolute atomic E-state index is 12.7. The third kappa shape index (κ3) is 3.70. The standard InChI is InChI=1S/C22H20N4O3/c1-28-18-8-7-15(13-19(18)29-2)24-22(27)26-21-16-5-3-4-6-17(16)25-20(21)14-9-11-23-12-10-14/h3-13,25H,1-2H3,(H2,24,26,27). The summed E-state index contributed by atoms with van der Waals surface area (Å²) in [5.41, 5.74) is 3.96. The molecule has 0 atom stereocenters. The fraction of sp³-hybridized carbons (Fsp3) is 0.0909. The van der Waals surface area contributed by atoms with Crippen LogP contribution >= 0.6 is 0 Å². The minimum atomic E-state index is -0.364. The van der Waals surface area contributed by atoms with E-state index in [1.165, 1.54) is 0 Å². The zero-order valence-corrected chi connectivity index (χ0v) is 16.0. The quantitative estimate of drug-likeness (QED) is 0.454. The molecule has 0 aliphatic rings. The van der Waals surface area contributed by atoms with Crippen LogP contribution < -0.4 is 20.1 Å². The maximum atomic E-state index is 12.7. The van der Waals surface area contributed by atoms with Gasteiger partial charge in [0.25, 0.3) is 0 Å². The molecule has 0 bridgehead atoms. The van der Waals surface area contributed by atoms with Gasteiger partial charge >= 0.3 is 6.03 Å². The summed E-state index contributed by atoms with van der Waals surface area (Å²) in [6.45, 7) is 0. The van der Waals surface area contributed by atoms with Gasteiger partial charge in [-0.3, -0.25) is 4.98 Å². The summed E-state index contributed by atoms with van der Waals surface area (Å²) < 4.78 is 10.5. The van der Waals surface area contributed by atoms with Crippen molar-refractivity contribution >= 4 is 28.3 Å². The van der Waals surface area contributed by atoms with Crippen molar-refractivity contribution in [1.82, 2.24) is 9.97 Å². The van der Waals surface area contributed by atoms with Crippen molar-refractivity contribution in [3.8, 4) is 22.8 Å². The highest BCUT2D eigenvalue weighted by Crippen LogP contribution is 2.35. The van der Waals surface area contributed by atoms with Gasteiger partial charge in [-0.15, -0.1) is 0 Å². The number of anilines is 2. The van der Waals surface area contributed by atoms with Crippen molar-refractivity contribution in [2.24, 2.45) is 0 Å². The summed E-state index contributed by atoms with van der Waals surface area (Å²) in [5.74, 6) is 1.13. The van der Waals surface area contributed by atoms with Crippen molar-refractivity contribution < 1.29 is 14.3 Å². The Morgan fingerprint density at radius 3 is 2.45 bits per heavy atom. The van der Waals surface area contributed by atoms with E-state index in [9.17, 15) is 4.79 Å². The number of hydrogen-bond donors (Lipinski definition) is 3. The minimum Gasteiger partial charge on any atom is -0.493 e. The molecule has 2 amide bonds. The number of methoxy groups -OCH3 is 2. The molecular weight excluding hydrogens is 368 g/mol. The zero-order chi connectivity index (χ0) is 20.2. The van der Waals surface area contributed by atoms with Gasteiger partial charge in [-0.05, 0) is 30.3 Å². The molecule has 0 saturated heterocycles. The number of nitrogens with zero attached hydrogens (tertiary/aromatic N) is 1. The second-order valence-electron chi connectivity index (χ2n) is 6.31. The van der Waals surface area contributed by atoms with Crippen LogP contribution in [0, 0.1) is 0 Å². The second-order valence-corrected chi connectivity index (χ2v) is 6.31. The van der Waals surface area contributed by atoms with E-state index >= 15 is 0 Å². The lowest BCUT2D eigenvalue weighted by atomic mass is 10.1. The zero-order valence-electron chi connectivity index (χ0n) is 16.0. The number of nitrogens with one attached hydrogen (secondary N) is 3. The van der Waals surface area contributed by atoms with Crippen molar-refractivity contribution in [1.29, 1.82) is 0 Å². The lowest BCUT2D eigenvalue weighted by Crippen LogP contribution is -2.19. The van der Waals surface area contributed by atoms with E-state index in [1.54, 1.807) is 44.8 Å². The van der Waals surface area contributed by atoms with Gasteiger partial charge in [-0.2, -0.15) is 0 Å². The number of carbonyl (C=O) groups is 1. The number of benzene rings is 2. The molecule has 0 aliphatic carbocycles. The van der Waals surface area contributed by atoms with E-state index in [0.29, 0.717) is 22.9 Å². The average Bonchev–Trinajstić information content (AvgIpc) is 3.12. The number of aromatic amines is 1. The number of rotatable bonds is 5. The van der Waals surface area contributed by atoms with Gasteiger partial charge in [0.15, 0.2) is 11.5 Å². The Kier molecular flexibility index (Phi) is 5.03. The van der Waals surface area contributed by atoms with Gasteiger partial charge in [-0.1, -0.05) is 18.2 Å². The van der Waals surface area contributed by atoms with Crippen LogP contribution in [0.3, 0.4) is 0 Å². The number of para-hydroxylation sites is 1. The highest BCUT2D eigenvalue weighted by molar-refractivity contribution is 6.10. The Balaban J connectivity index is 1.65. The number of pyridine rings is 1. The highest BCUT2D eigenvalue weighted by atomic mass is 16.5. The molecule has 2 aromatic heterocycles. The van der Waals surface area contributed by atoms with Crippen LogP contribution in [-0.4, -0.2) is 30.2 Å². The monoisotopic (exact) mass is 388 g/mol. The lowest BCUT2D eigenvalue weighted by molar-refractivity contribution is 0.262. The van der Waals surface area contributed by atoms with Crippen molar-refractivity contribution in [2.75, 3.05) is 24.9 Å². The number of fused-ring (bicyclic) bond motifs is 1. The normalized spacial score (nSPS) is 10.6. The first kappa shape index (κ1) is 18.4. The van der Waals surface area contributed by atoms with Crippen molar-refractivity contribution in [3.63, 3.8) is 0 Å². The molecule has 29 heavy (non-hydrogen) atoms. The molecule has 0 fully saturated rings. The van der Waals surface area contributed by atoms with Gasteiger partial charge in [-0.25, -0.2) is 4.79 Å². The molecule has 7 heteroatoms. The molecule has 0 spiro atoms. The number of hydrogen-bond acceptors (Lipinski definition) is 4. The molecule has 3 N–H and O–H groups in total. The average molecular weight is 388 g/mol. The number of amides is 2. The molecule has 0 unspecified atom stereocenters.